The van der Waals surface area contributed by atoms with Crippen molar-refractivity contribution in [1.29, 1.82) is 0 Å². The molecule has 3 rings (SSSR count). The minimum Gasteiger partial charge on any atom is -0.373 e. The van der Waals surface area contributed by atoms with Crippen LogP contribution in [0.5, 0.6) is 0 Å². The molecule has 0 aliphatic heterocycles. The largest absolute Gasteiger partial charge is 0.373 e. The monoisotopic (exact) mass is 560 g/mol. The van der Waals surface area contributed by atoms with Crippen molar-refractivity contribution in [2.75, 3.05) is 0 Å². The summed E-state index contributed by atoms with van der Waals surface area (Å²) in [5.74, 6) is 0.977. The van der Waals surface area contributed by atoms with E-state index in [1.165, 1.54) is 103 Å². The number of hydrogen-bond acceptors (Lipinski definition) is 2. The molecule has 0 radical (unpaired) electrons. The average molecular weight is 561 g/mol. The van der Waals surface area contributed by atoms with Crippen molar-refractivity contribution in [2.45, 2.75) is 187 Å². The molecule has 0 aromatic carbocycles. The molecular weight excluding hydrogens is 492 g/mol. The molecular formula is C37H68OS. The maximum Gasteiger partial charge on any atom is 0.0602 e. The molecule has 1 nitrogen and oxygen atoms in total. The Kier molecular flexibility index (Phi) is 18.4. The maximum absolute atomic E-state index is 5.98. The molecule has 0 aromatic rings. The van der Waals surface area contributed by atoms with Gasteiger partial charge in [0.15, 0.2) is 0 Å². The van der Waals surface area contributed by atoms with Crippen LogP contribution in [0.2, 0.25) is 0 Å². The van der Waals surface area contributed by atoms with Gasteiger partial charge in [0, 0.05) is 10.00 Å². The summed E-state index contributed by atoms with van der Waals surface area (Å²) in [7, 11) is 0. The molecule has 0 heterocycles. The molecule has 228 valence electrons. The summed E-state index contributed by atoms with van der Waals surface area (Å²) < 4.78 is 6.42. The van der Waals surface area contributed by atoms with Gasteiger partial charge in [0.05, 0.1) is 11.7 Å². The van der Waals surface area contributed by atoms with Gasteiger partial charge in [-0.25, -0.2) is 0 Å². The molecule has 0 N–H and O–H groups in total. The third-order valence-corrected chi connectivity index (χ3v) is 8.78. The first-order valence-corrected chi connectivity index (χ1v) is 17.4. The van der Waals surface area contributed by atoms with E-state index in [4.69, 9.17) is 4.74 Å². The van der Waals surface area contributed by atoms with Gasteiger partial charge in [0.1, 0.15) is 0 Å². The zero-order valence-corrected chi connectivity index (χ0v) is 28.6. The molecule has 0 saturated heterocycles. The topological polar surface area (TPSA) is 9.23 Å². The molecule has 3 aliphatic rings. The minimum absolute atomic E-state index is 0.0214. The van der Waals surface area contributed by atoms with Gasteiger partial charge in [-0.2, -0.15) is 11.8 Å². The van der Waals surface area contributed by atoms with Gasteiger partial charge < -0.3 is 4.74 Å². The lowest BCUT2D eigenvalue weighted by Crippen LogP contribution is -2.27. The molecule has 3 atom stereocenters. The highest BCUT2D eigenvalue weighted by Crippen LogP contribution is 2.34. The standard InChI is InChI=1S/C13H24.C12H22O.C12H22S/c1-13(2,3)11-12-9-7-5-4-6-8-10-12;2*1-12(2,3)13-11-9-7-5-4-6-8-10-11/h4-5,12H,6-11H2,1-3H3;2*4-5,11H,6-10H2,1-3H3/b3*5-4+. The molecule has 0 spiro atoms. The van der Waals surface area contributed by atoms with Crippen LogP contribution in [0.4, 0.5) is 0 Å². The van der Waals surface area contributed by atoms with Crippen LogP contribution in [0.3, 0.4) is 0 Å². The first-order valence-electron chi connectivity index (χ1n) is 16.5. The molecule has 39 heavy (non-hydrogen) atoms. The lowest BCUT2D eigenvalue weighted by Gasteiger charge is -2.28. The van der Waals surface area contributed by atoms with E-state index in [0.717, 1.165) is 11.2 Å². The fraction of sp³-hybridized carbons (Fsp3) is 0.838. The van der Waals surface area contributed by atoms with Crippen LogP contribution in [0.15, 0.2) is 36.5 Å². The smallest absolute Gasteiger partial charge is 0.0602 e. The second kappa shape index (κ2) is 19.6. The highest BCUT2D eigenvalue weighted by Gasteiger charge is 2.20. The van der Waals surface area contributed by atoms with Crippen LogP contribution in [0, 0.1) is 11.3 Å². The summed E-state index contributed by atoms with van der Waals surface area (Å²) in [5, 5.41) is 0.893. The number of ether oxygens (including phenoxy) is 1. The summed E-state index contributed by atoms with van der Waals surface area (Å²) in [5.41, 5.74) is 0.543. The summed E-state index contributed by atoms with van der Waals surface area (Å²) in [6.07, 6.45) is 35.6. The number of allylic oxidation sites excluding steroid dienone is 6. The average Bonchev–Trinajstić information content (AvgIpc) is 2.72. The Hall–Kier alpha value is -0.470. The Balaban J connectivity index is 0.000000292. The van der Waals surface area contributed by atoms with E-state index in [2.05, 4.69) is 111 Å². The Morgan fingerprint density at radius 3 is 1.59 bits per heavy atom. The summed E-state index contributed by atoms with van der Waals surface area (Å²) in [6.45, 7) is 20.5. The fourth-order valence-electron chi connectivity index (χ4n) is 5.79. The van der Waals surface area contributed by atoms with E-state index < -0.39 is 0 Å². The Morgan fingerprint density at radius 1 is 0.564 bits per heavy atom. The van der Waals surface area contributed by atoms with Gasteiger partial charge in [-0.15, -0.1) is 0 Å². The number of thioether (sulfide) groups is 1. The quantitative estimate of drug-likeness (QED) is 0.317. The van der Waals surface area contributed by atoms with Gasteiger partial charge in [0.25, 0.3) is 0 Å². The summed E-state index contributed by atoms with van der Waals surface area (Å²) >= 11 is 2.17. The zero-order chi connectivity index (χ0) is 29.2. The van der Waals surface area contributed by atoms with Crippen LogP contribution in [0.25, 0.3) is 0 Å². The Labute approximate surface area is 250 Å². The normalized spacial score (nSPS) is 27.8. The van der Waals surface area contributed by atoms with E-state index in [1.807, 2.05) is 0 Å². The van der Waals surface area contributed by atoms with Crippen LogP contribution in [-0.4, -0.2) is 21.7 Å². The zero-order valence-electron chi connectivity index (χ0n) is 27.8. The number of hydrogen-bond donors (Lipinski definition) is 0. The molecule has 0 saturated carbocycles. The minimum atomic E-state index is 0.0214. The third-order valence-electron chi connectivity index (χ3n) is 7.27. The highest BCUT2D eigenvalue weighted by molar-refractivity contribution is 8.01. The molecule has 0 bridgehead atoms. The predicted octanol–water partition coefficient (Wildman–Crippen LogP) is 12.7. The van der Waals surface area contributed by atoms with E-state index in [1.54, 1.807) is 0 Å². The van der Waals surface area contributed by atoms with Crippen molar-refractivity contribution in [1.82, 2.24) is 0 Å². The lowest BCUT2D eigenvalue weighted by molar-refractivity contribution is -0.0665. The molecule has 3 aliphatic carbocycles. The first-order chi connectivity index (χ1) is 18.2. The van der Waals surface area contributed by atoms with Crippen LogP contribution in [0.1, 0.15) is 165 Å². The van der Waals surface area contributed by atoms with E-state index in [0.29, 0.717) is 16.3 Å². The van der Waals surface area contributed by atoms with E-state index in [9.17, 15) is 0 Å². The van der Waals surface area contributed by atoms with Crippen molar-refractivity contribution >= 4 is 11.8 Å². The van der Waals surface area contributed by atoms with Crippen molar-refractivity contribution in [3.63, 3.8) is 0 Å². The van der Waals surface area contributed by atoms with Gasteiger partial charge in [-0.05, 0) is 128 Å². The molecule has 0 fully saturated rings. The van der Waals surface area contributed by atoms with Gasteiger partial charge in [-0.1, -0.05) is 84.4 Å². The number of rotatable bonds is 3. The predicted molar refractivity (Wildman–Crippen MR) is 180 cm³/mol. The Bertz CT molecular complexity index is 587. The van der Waals surface area contributed by atoms with Gasteiger partial charge in [-0.3, -0.25) is 0 Å². The highest BCUT2D eigenvalue weighted by atomic mass is 32.2. The van der Waals surface area contributed by atoms with E-state index >= 15 is 0 Å². The second-order valence-electron chi connectivity index (χ2n) is 15.3. The summed E-state index contributed by atoms with van der Waals surface area (Å²) in [6, 6.07) is 0. The van der Waals surface area contributed by atoms with Crippen LogP contribution < -0.4 is 0 Å². The maximum atomic E-state index is 5.98. The molecule has 2 heteroatoms. The Morgan fingerprint density at radius 2 is 1.05 bits per heavy atom. The first kappa shape index (κ1) is 36.6. The van der Waals surface area contributed by atoms with Crippen molar-refractivity contribution in [2.24, 2.45) is 11.3 Å². The summed E-state index contributed by atoms with van der Waals surface area (Å²) in [4.78, 5) is 0. The van der Waals surface area contributed by atoms with E-state index in [-0.39, 0.29) is 5.60 Å². The SMILES string of the molecule is CC(C)(C)CC1CC/C=C/CCC1.CC(C)(C)OC1CC/C=C/CCC1.CC(C)(C)SC1CC/C=C/CCC1. The third kappa shape index (κ3) is 23.9. The van der Waals surface area contributed by atoms with Gasteiger partial charge >= 0.3 is 0 Å². The van der Waals surface area contributed by atoms with Crippen LogP contribution in [-0.2, 0) is 4.74 Å². The van der Waals surface area contributed by atoms with Crippen molar-refractivity contribution in [3.05, 3.63) is 36.5 Å². The second-order valence-corrected chi connectivity index (χ2v) is 17.4. The lowest BCUT2D eigenvalue weighted by atomic mass is 9.80. The van der Waals surface area contributed by atoms with Crippen molar-refractivity contribution in [3.8, 4) is 0 Å². The molecule has 0 aromatic heterocycles. The van der Waals surface area contributed by atoms with Gasteiger partial charge in [0.2, 0.25) is 0 Å². The molecule has 0 amide bonds. The van der Waals surface area contributed by atoms with Crippen molar-refractivity contribution < 1.29 is 4.74 Å². The molecule has 3 unspecified atom stereocenters. The van der Waals surface area contributed by atoms with Crippen LogP contribution >= 0.6 is 11.8 Å². The fourth-order valence-corrected chi connectivity index (χ4v) is 7.33.